The number of nitrogens with zero attached hydrogens (tertiary/aromatic N) is 3. The first-order valence-corrected chi connectivity index (χ1v) is 11.4. The molecule has 6 heteroatoms. The molecule has 1 aliphatic heterocycles. The summed E-state index contributed by atoms with van der Waals surface area (Å²) >= 11 is 0. The lowest BCUT2D eigenvalue weighted by atomic mass is 9.87. The lowest BCUT2D eigenvalue weighted by molar-refractivity contribution is -0.126. The van der Waals surface area contributed by atoms with Gasteiger partial charge >= 0.3 is 0 Å². The molecule has 1 aliphatic carbocycles. The number of piperidine rings is 1. The van der Waals surface area contributed by atoms with Crippen molar-refractivity contribution < 1.29 is 9.21 Å². The summed E-state index contributed by atoms with van der Waals surface area (Å²) in [6.07, 6.45) is 5.12. The highest BCUT2D eigenvalue weighted by atomic mass is 16.3. The Morgan fingerprint density at radius 3 is 2.84 bits per heavy atom. The standard InChI is InChI=1S/C25H30N4O2/c1-15-16(2)31-25-22(15)23(26-17(3)27-25)29-13-7-10-19(14-29)24(30)28-21-12-6-9-18-8-4-5-11-20(18)21/h4-5,8,11,19,21H,6-7,9-10,12-14H2,1-3H3,(H,28,30)/t19-,21-/m0/s1. The van der Waals surface area contributed by atoms with Gasteiger partial charge in [-0.1, -0.05) is 24.3 Å². The Balaban J connectivity index is 1.37. The predicted molar refractivity (Wildman–Crippen MR) is 121 cm³/mol. The van der Waals surface area contributed by atoms with Gasteiger partial charge in [0, 0.05) is 18.7 Å². The van der Waals surface area contributed by atoms with Crippen LogP contribution in [0.3, 0.4) is 0 Å². The highest BCUT2D eigenvalue weighted by Crippen LogP contribution is 2.34. The Hall–Kier alpha value is -2.89. The fourth-order valence-corrected chi connectivity index (χ4v) is 5.14. The predicted octanol–water partition coefficient (Wildman–Crippen LogP) is 4.56. The van der Waals surface area contributed by atoms with Crippen molar-refractivity contribution in [1.82, 2.24) is 15.3 Å². The molecule has 0 unspecified atom stereocenters. The number of furan rings is 1. The number of rotatable bonds is 3. The molecule has 0 radical (unpaired) electrons. The van der Waals surface area contributed by atoms with Gasteiger partial charge in [-0.25, -0.2) is 4.98 Å². The molecule has 1 amide bonds. The summed E-state index contributed by atoms with van der Waals surface area (Å²) in [7, 11) is 0. The number of benzene rings is 1. The summed E-state index contributed by atoms with van der Waals surface area (Å²) in [6.45, 7) is 7.48. The molecule has 3 heterocycles. The second-order valence-electron chi connectivity index (χ2n) is 9.00. The normalized spacial score (nSPS) is 21.2. The van der Waals surface area contributed by atoms with Crippen LogP contribution in [-0.4, -0.2) is 29.0 Å². The number of fused-ring (bicyclic) bond motifs is 2. The van der Waals surface area contributed by atoms with Gasteiger partial charge in [0.05, 0.1) is 17.3 Å². The van der Waals surface area contributed by atoms with E-state index < -0.39 is 0 Å². The number of aryl methyl sites for hydroxylation is 4. The molecule has 0 spiro atoms. The zero-order chi connectivity index (χ0) is 21.5. The van der Waals surface area contributed by atoms with Gasteiger partial charge < -0.3 is 14.6 Å². The number of nitrogens with one attached hydrogen (secondary N) is 1. The summed E-state index contributed by atoms with van der Waals surface area (Å²) in [6, 6.07) is 8.64. The van der Waals surface area contributed by atoms with Gasteiger partial charge in [-0.3, -0.25) is 4.79 Å². The topological polar surface area (TPSA) is 71.3 Å². The maximum atomic E-state index is 13.3. The minimum absolute atomic E-state index is 0.0403. The zero-order valence-electron chi connectivity index (χ0n) is 18.6. The summed E-state index contributed by atoms with van der Waals surface area (Å²) in [5.41, 5.74) is 4.37. The molecule has 0 bridgehead atoms. The van der Waals surface area contributed by atoms with Gasteiger partial charge in [0.2, 0.25) is 11.6 Å². The molecule has 5 rings (SSSR count). The van der Waals surface area contributed by atoms with Crippen LogP contribution in [0.1, 0.15) is 60.0 Å². The molecule has 2 atom stereocenters. The van der Waals surface area contributed by atoms with Crippen LogP contribution in [0.4, 0.5) is 5.82 Å². The summed E-state index contributed by atoms with van der Waals surface area (Å²) in [4.78, 5) is 24.8. The van der Waals surface area contributed by atoms with Gasteiger partial charge in [-0.05, 0) is 64.0 Å². The molecular formula is C25H30N4O2. The number of hydrogen-bond acceptors (Lipinski definition) is 5. The summed E-state index contributed by atoms with van der Waals surface area (Å²) in [5, 5.41) is 4.34. The molecule has 1 N–H and O–H groups in total. The Bertz CT molecular complexity index is 1140. The number of anilines is 1. The van der Waals surface area contributed by atoms with Gasteiger partial charge in [0.15, 0.2) is 0 Å². The molecule has 0 saturated carbocycles. The molecule has 2 aliphatic rings. The number of hydrogen-bond donors (Lipinski definition) is 1. The van der Waals surface area contributed by atoms with Crippen molar-refractivity contribution in [3.63, 3.8) is 0 Å². The van der Waals surface area contributed by atoms with E-state index in [1.54, 1.807) is 0 Å². The van der Waals surface area contributed by atoms with Crippen molar-refractivity contribution in [2.75, 3.05) is 18.0 Å². The number of carbonyl (C=O) groups excluding carboxylic acids is 1. The Kier molecular flexibility index (Phi) is 5.16. The third-order valence-electron chi connectivity index (χ3n) is 6.90. The molecule has 1 saturated heterocycles. The minimum Gasteiger partial charge on any atom is -0.443 e. The van der Waals surface area contributed by atoms with Gasteiger partial charge in [-0.15, -0.1) is 0 Å². The van der Waals surface area contributed by atoms with Crippen molar-refractivity contribution in [3.05, 3.63) is 52.5 Å². The van der Waals surface area contributed by atoms with Crippen molar-refractivity contribution in [2.45, 2.75) is 58.9 Å². The number of amides is 1. The fourth-order valence-electron chi connectivity index (χ4n) is 5.14. The second-order valence-corrected chi connectivity index (χ2v) is 9.00. The van der Waals surface area contributed by atoms with Crippen LogP contribution in [0.2, 0.25) is 0 Å². The van der Waals surface area contributed by atoms with Crippen molar-refractivity contribution >= 4 is 22.8 Å². The monoisotopic (exact) mass is 418 g/mol. The molecule has 1 fully saturated rings. The second kappa shape index (κ2) is 7.98. The lowest BCUT2D eigenvalue weighted by Gasteiger charge is -2.35. The smallest absolute Gasteiger partial charge is 0.231 e. The van der Waals surface area contributed by atoms with E-state index in [9.17, 15) is 4.79 Å². The molecule has 6 nitrogen and oxygen atoms in total. The highest BCUT2D eigenvalue weighted by Gasteiger charge is 2.31. The van der Waals surface area contributed by atoms with E-state index in [1.165, 1.54) is 11.1 Å². The molecule has 31 heavy (non-hydrogen) atoms. The first kappa shape index (κ1) is 20.0. The molecule has 3 aromatic rings. The third kappa shape index (κ3) is 3.68. The highest BCUT2D eigenvalue weighted by molar-refractivity contribution is 5.91. The van der Waals surface area contributed by atoms with E-state index in [1.807, 2.05) is 13.8 Å². The van der Waals surface area contributed by atoms with E-state index in [-0.39, 0.29) is 17.9 Å². The van der Waals surface area contributed by atoms with Crippen LogP contribution in [0.25, 0.3) is 11.1 Å². The van der Waals surface area contributed by atoms with E-state index in [0.717, 1.165) is 61.2 Å². The van der Waals surface area contributed by atoms with Crippen LogP contribution in [0.5, 0.6) is 0 Å². The van der Waals surface area contributed by atoms with Gasteiger partial charge in [-0.2, -0.15) is 4.98 Å². The van der Waals surface area contributed by atoms with E-state index >= 15 is 0 Å². The maximum absolute atomic E-state index is 13.3. The van der Waals surface area contributed by atoms with Crippen LogP contribution in [0.15, 0.2) is 28.7 Å². The summed E-state index contributed by atoms with van der Waals surface area (Å²) in [5.74, 6) is 2.59. The minimum atomic E-state index is -0.0403. The average Bonchev–Trinajstić information content (AvgIpc) is 3.06. The quantitative estimate of drug-likeness (QED) is 0.675. The van der Waals surface area contributed by atoms with Gasteiger partial charge in [0.25, 0.3) is 0 Å². The molecule has 2 aromatic heterocycles. The number of carbonyl (C=O) groups is 1. The van der Waals surface area contributed by atoms with Crippen LogP contribution >= 0.6 is 0 Å². The largest absolute Gasteiger partial charge is 0.443 e. The summed E-state index contributed by atoms with van der Waals surface area (Å²) < 4.78 is 5.86. The van der Waals surface area contributed by atoms with Crippen molar-refractivity contribution in [1.29, 1.82) is 0 Å². The number of aromatic nitrogens is 2. The van der Waals surface area contributed by atoms with Crippen LogP contribution in [0, 0.1) is 26.7 Å². The SMILES string of the molecule is Cc1nc(N2CCC[C@H](C(=O)N[C@H]3CCCc4ccccc43)C2)c2c(C)c(C)oc2n1. The first-order valence-electron chi connectivity index (χ1n) is 11.4. The zero-order valence-corrected chi connectivity index (χ0v) is 18.6. The van der Waals surface area contributed by atoms with Crippen LogP contribution < -0.4 is 10.2 Å². The maximum Gasteiger partial charge on any atom is 0.231 e. The fraction of sp³-hybridized carbons (Fsp3) is 0.480. The third-order valence-corrected chi connectivity index (χ3v) is 6.90. The lowest BCUT2D eigenvalue weighted by Crippen LogP contribution is -2.44. The van der Waals surface area contributed by atoms with Gasteiger partial charge in [0.1, 0.15) is 17.4 Å². The average molecular weight is 419 g/mol. The molecule has 1 aromatic carbocycles. The molecular weight excluding hydrogens is 388 g/mol. The van der Waals surface area contributed by atoms with Crippen LogP contribution in [-0.2, 0) is 11.2 Å². The Morgan fingerprint density at radius 2 is 1.97 bits per heavy atom. The van der Waals surface area contributed by atoms with E-state index in [4.69, 9.17) is 9.40 Å². The van der Waals surface area contributed by atoms with Crippen molar-refractivity contribution in [3.8, 4) is 0 Å². The van der Waals surface area contributed by atoms with E-state index in [2.05, 4.69) is 46.4 Å². The molecule has 162 valence electrons. The van der Waals surface area contributed by atoms with Crippen molar-refractivity contribution in [2.24, 2.45) is 5.92 Å². The Labute approximate surface area is 183 Å². The Morgan fingerprint density at radius 1 is 1.13 bits per heavy atom. The first-order chi connectivity index (χ1) is 15.0. The van der Waals surface area contributed by atoms with E-state index in [0.29, 0.717) is 18.1 Å².